The molecule has 1 radical (unpaired) electrons. The number of fused-ring (bicyclic) bond motifs is 1. The third-order valence-electron chi connectivity index (χ3n) is 3.47. The molecule has 1 saturated heterocycles. The second-order valence-electron chi connectivity index (χ2n) is 4.64. The standard InChI is InChI=1S/C14H16NS/c1-10-2-3-12-13(9-16-14(12)8-10)11-4-6-15-7-5-11/h2-3,8-9,11H,4-7H2,1H3. The van der Waals surface area contributed by atoms with Crippen molar-refractivity contribution in [1.29, 1.82) is 0 Å². The Morgan fingerprint density at radius 1 is 1.25 bits per heavy atom. The number of piperidine rings is 1. The fraction of sp³-hybridized carbons (Fsp3) is 0.429. The summed E-state index contributed by atoms with van der Waals surface area (Å²) in [6, 6.07) is 6.82. The number of rotatable bonds is 1. The van der Waals surface area contributed by atoms with Gasteiger partial charge >= 0.3 is 0 Å². The summed E-state index contributed by atoms with van der Waals surface area (Å²) in [6.45, 7) is 4.26. The largest absolute Gasteiger partial charge is 0.242 e. The van der Waals surface area contributed by atoms with Crippen LogP contribution in [-0.2, 0) is 0 Å². The normalized spacial score (nSPS) is 18.1. The van der Waals surface area contributed by atoms with E-state index >= 15 is 0 Å². The van der Waals surface area contributed by atoms with Gasteiger partial charge < -0.3 is 0 Å². The molecule has 0 atom stereocenters. The van der Waals surface area contributed by atoms with Crippen LogP contribution in [0.25, 0.3) is 10.1 Å². The Balaban J connectivity index is 2.03. The first-order valence-electron chi connectivity index (χ1n) is 5.95. The highest BCUT2D eigenvalue weighted by Gasteiger charge is 2.18. The Bertz CT molecular complexity index is 494. The zero-order valence-electron chi connectivity index (χ0n) is 9.57. The van der Waals surface area contributed by atoms with Crippen LogP contribution in [0.3, 0.4) is 0 Å². The predicted octanol–water partition coefficient (Wildman–Crippen LogP) is 3.69. The minimum atomic E-state index is 0.744. The molecule has 0 spiro atoms. The summed E-state index contributed by atoms with van der Waals surface area (Å²) >= 11 is 1.89. The Hall–Kier alpha value is -0.860. The van der Waals surface area contributed by atoms with Gasteiger partial charge in [0.1, 0.15) is 0 Å². The van der Waals surface area contributed by atoms with E-state index in [4.69, 9.17) is 0 Å². The summed E-state index contributed by atoms with van der Waals surface area (Å²) in [5.74, 6) is 0.744. The number of benzene rings is 1. The number of nitrogens with zero attached hydrogens (tertiary/aromatic N) is 1. The summed E-state index contributed by atoms with van der Waals surface area (Å²) in [5.41, 5.74) is 2.93. The maximum Gasteiger partial charge on any atom is 0.0348 e. The highest BCUT2D eigenvalue weighted by molar-refractivity contribution is 7.17. The molecule has 1 nitrogen and oxygen atoms in total. The van der Waals surface area contributed by atoms with Crippen molar-refractivity contribution in [1.82, 2.24) is 5.32 Å². The van der Waals surface area contributed by atoms with E-state index < -0.39 is 0 Å². The molecule has 1 aromatic heterocycles. The lowest BCUT2D eigenvalue weighted by Crippen LogP contribution is -2.20. The molecule has 0 N–H and O–H groups in total. The van der Waals surface area contributed by atoms with Crippen molar-refractivity contribution < 1.29 is 0 Å². The predicted molar refractivity (Wildman–Crippen MR) is 70.4 cm³/mol. The minimum Gasteiger partial charge on any atom is -0.242 e. The van der Waals surface area contributed by atoms with Crippen LogP contribution < -0.4 is 5.32 Å². The van der Waals surface area contributed by atoms with E-state index in [-0.39, 0.29) is 0 Å². The molecule has 3 rings (SSSR count). The van der Waals surface area contributed by atoms with Gasteiger partial charge in [0.05, 0.1) is 0 Å². The molecule has 0 amide bonds. The molecular formula is C14H16NS. The van der Waals surface area contributed by atoms with Gasteiger partial charge in [0, 0.05) is 17.8 Å². The van der Waals surface area contributed by atoms with E-state index in [2.05, 4.69) is 35.8 Å². The van der Waals surface area contributed by atoms with Gasteiger partial charge in [0.2, 0.25) is 0 Å². The Morgan fingerprint density at radius 2 is 2.06 bits per heavy atom. The zero-order valence-corrected chi connectivity index (χ0v) is 10.4. The van der Waals surface area contributed by atoms with Crippen LogP contribution in [0, 0.1) is 6.92 Å². The van der Waals surface area contributed by atoms with Crippen molar-refractivity contribution in [3.8, 4) is 0 Å². The van der Waals surface area contributed by atoms with Crippen molar-refractivity contribution in [2.45, 2.75) is 25.7 Å². The van der Waals surface area contributed by atoms with Crippen LogP contribution in [-0.4, -0.2) is 13.1 Å². The average molecular weight is 230 g/mol. The van der Waals surface area contributed by atoms with E-state index in [1.165, 1.54) is 28.5 Å². The first-order valence-corrected chi connectivity index (χ1v) is 6.83. The van der Waals surface area contributed by atoms with E-state index in [1.54, 1.807) is 5.56 Å². The first kappa shape index (κ1) is 10.3. The van der Waals surface area contributed by atoms with Crippen LogP contribution >= 0.6 is 11.3 Å². The van der Waals surface area contributed by atoms with Gasteiger partial charge in [-0.2, -0.15) is 0 Å². The van der Waals surface area contributed by atoms with Crippen molar-refractivity contribution in [2.75, 3.05) is 13.1 Å². The van der Waals surface area contributed by atoms with Gasteiger partial charge in [0.25, 0.3) is 0 Å². The Morgan fingerprint density at radius 3 is 2.88 bits per heavy atom. The van der Waals surface area contributed by atoms with Crippen molar-refractivity contribution in [2.24, 2.45) is 0 Å². The molecule has 1 aliphatic rings. The maximum absolute atomic E-state index is 4.43. The molecule has 1 fully saturated rings. The third kappa shape index (κ3) is 1.76. The third-order valence-corrected chi connectivity index (χ3v) is 4.44. The SMILES string of the molecule is Cc1ccc2c(C3CC[N]CC3)csc2c1. The Kier molecular flexibility index (Phi) is 2.70. The van der Waals surface area contributed by atoms with E-state index in [1.807, 2.05) is 11.3 Å². The van der Waals surface area contributed by atoms with Gasteiger partial charge in [-0.15, -0.1) is 11.3 Å². The smallest absolute Gasteiger partial charge is 0.0348 e. The number of aryl methyl sites for hydroxylation is 1. The molecule has 0 bridgehead atoms. The Labute approximate surface area is 100 Å². The molecule has 0 saturated carbocycles. The van der Waals surface area contributed by atoms with Crippen LogP contribution in [0.5, 0.6) is 0 Å². The molecule has 0 aliphatic carbocycles. The number of thiophene rings is 1. The summed E-state index contributed by atoms with van der Waals surface area (Å²) in [6.07, 6.45) is 2.47. The van der Waals surface area contributed by atoms with Crippen LogP contribution in [0.2, 0.25) is 0 Å². The second kappa shape index (κ2) is 4.19. The average Bonchev–Trinajstić information content (AvgIpc) is 2.73. The molecule has 2 heteroatoms. The maximum atomic E-state index is 4.43. The molecule has 2 aromatic rings. The lowest BCUT2D eigenvalue weighted by Gasteiger charge is -2.21. The lowest BCUT2D eigenvalue weighted by atomic mass is 9.90. The van der Waals surface area contributed by atoms with Gasteiger partial charge in [0.15, 0.2) is 0 Å². The first-order chi connectivity index (χ1) is 7.84. The summed E-state index contributed by atoms with van der Waals surface area (Å²) in [7, 11) is 0. The lowest BCUT2D eigenvalue weighted by molar-refractivity contribution is 0.456. The quantitative estimate of drug-likeness (QED) is 0.709. The van der Waals surface area contributed by atoms with E-state index in [0.29, 0.717) is 0 Å². The van der Waals surface area contributed by atoms with Gasteiger partial charge in [-0.25, -0.2) is 5.32 Å². The fourth-order valence-electron chi connectivity index (χ4n) is 2.53. The number of hydrogen-bond donors (Lipinski definition) is 0. The summed E-state index contributed by atoms with van der Waals surface area (Å²) in [5, 5.41) is 8.27. The summed E-state index contributed by atoms with van der Waals surface area (Å²) in [4.78, 5) is 0. The van der Waals surface area contributed by atoms with Crippen molar-refractivity contribution >= 4 is 21.4 Å². The zero-order chi connectivity index (χ0) is 11.0. The molecule has 16 heavy (non-hydrogen) atoms. The molecule has 0 unspecified atom stereocenters. The second-order valence-corrected chi connectivity index (χ2v) is 5.55. The molecule has 1 aromatic carbocycles. The highest BCUT2D eigenvalue weighted by atomic mass is 32.1. The highest BCUT2D eigenvalue weighted by Crippen LogP contribution is 2.35. The van der Waals surface area contributed by atoms with E-state index in [9.17, 15) is 0 Å². The molecule has 83 valence electrons. The van der Waals surface area contributed by atoms with Crippen LogP contribution in [0.1, 0.15) is 29.9 Å². The van der Waals surface area contributed by atoms with E-state index in [0.717, 1.165) is 19.0 Å². The van der Waals surface area contributed by atoms with Gasteiger partial charge in [-0.3, -0.25) is 0 Å². The van der Waals surface area contributed by atoms with Crippen molar-refractivity contribution in [3.05, 3.63) is 34.7 Å². The van der Waals surface area contributed by atoms with Crippen molar-refractivity contribution in [3.63, 3.8) is 0 Å². The summed E-state index contributed by atoms with van der Waals surface area (Å²) < 4.78 is 1.44. The number of hydrogen-bond acceptors (Lipinski definition) is 1. The van der Waals surface area contributed by atoms with Gasteiger partial charge in [-0.05, 0) is 53.6 Å². The van der Waals surface area contributed by atoms with Crippen LogP contribution in [0.4, 0.5) is 0 Å². The fourth-order valence-corrected chi connectivity index (χ4v) is 3.67. The van der Waals surface area contributed by atoms with Crippen LogP contribution in [0.15, 0.2) is 23.6 Å². The molecular weight excluding hydrogens is 214 g/mol. The molecule has 1 aliphatic heterocycles. The minimum absolute atomic E-state index is 0.744. The molecule has 2 heterocycles. The monoisotopic (exact) mass is 230 g/mol. The topological polar surface area (TPSA) is 14.1 Å². The van der Waals surface area contributed by atoms with Gasteiger partial charge in [-0.1, -0.05) is 12.1 Å².